The summed E-state index contributed by atoms with van der Waals surface area (Å²) in [5.41, 5.74) is 6.26. The van der Waals surface area contributed by atoms with Crippen molar-refractivity contribution in [1.82, 2.24) is 0 Å². The summed E-state index contributed by atoms with van der Waals surface area (Å²) in [6, 6.07) is 4.66. The summed E-state index contributed by atoms with van der Waals surface area (Å²) in [6.07, 6.45) is 0.0179. The van der Waals surface area contributed by atoms with Gasteiger partial charge in [-0.3, -0.25) is 9.59 Å². The summed E-state index contributed by atoms with van der Waals surface area (Å²) >= 11 is 3.29. The molecule has 0 saturated heterocycles. The molecular formula is C11H13BrN2O3. The van der Waals surface area contributed by atoms with E-state index in [0.717, 1.165) is 5.69 Å². The zero-order chi connectivity index (χ0) is 13.0. The number of amides is 1. The van der Waals surface area contributed by atoms with Gasteiger partial charge in [0, 0.05) is 21.8 Å². The molecular weight excluding hydrogens is 288 g/mol. The summed E-state index contributed by atoms with van der Waals surface area (Å²) < 4.78 is 0.672. The van der Waals surface area contributed by atoms with Crippen LogP contribution in [0.2, 0.25) is 0 Å². The van der Waals surface area contributed by atoms with Crippen molar-refractivity contribution < 1.29 is 14.7 Å². The number of benzene rings is 1. The number of nitrogens with two attached hydrogens (primary N) is 1. The lowest BCUT2D eigenvalue weighted by molar-refractivity contribution is -0.137. The molecule has 0 fully saturated rings. The SMILES string of the molecule is CC(CC(=O)O)Nc1ccc(C(N)=O)cc1Br. The zero-order valence-electron chi connectivity index (χ0n) is 9.24. The lowest BCUT2D eigenvalue weighted by Crippen LogP contribution is -2.19. The fourth-order valence-electron chi connectivity index (χ4n) is 1.36. The van der Waals surface area contributed by atoms with Gasteiger partial charge in [0.15, 0.2) is 0 Å². The Balaban J connectivity index is 2.79. The molecule has 17 heavy (non-hydrogen) atoms. The smallest absolute Gasteiger partial charge is 0.305 e. The number of hydrogen-bond acceptors (Lipinski definition) is 3. The highest BCUT2D eigenvalue weighted by Gasteiger charge is 2.10. The molecule has 0 bridgehead atoms. The van der Waals surface area contributed by atoms with Crippen LogP contribution in [0.4, 0.5) is 5.69 Å². The molecule has 1 aromatic rings. The van der Waals surface area contributed by atoms with Crippen LogP contribution >= 0.6 is 15.9 Å². The molecule has 0 radical (unpaired) electrons. The van der Waals surface area contributed by atoms with Gasteiger partial charge in [0.05, 0.1) is 6.42 Å². The van der Waals surface area contributed by atoms with Crippen LogP contribution in [0.15, 0.2) is 22.7 Å². The van der Waals surface area contributed by atoms with Crippen LogP contribution in [0, 0.1) is 0 Å². The Kier molecular flexibility index (Phi) is 4.51. The van der Waals surface area contributed by atoms with Crippen LogP contribution < -0.4 is 11.1 Å². The Morgan fingerprint density at radius 3 is 2.65 bits per heavy atom. The van der Waals surface area contributed by atoms with Crippen molar-refractivity contribution in [2.45, 2.75) is 19.4 Å². The average Bonchev–Trinajstić information content (AvgIpc) is 2.19. The highest BCUT2D eigenvalue weighted by atomic mass is 79.9. The van der Waals surface area contributed by atoms with Gasteiger partial charge >= 0.3 is 5.97 Å². The van der Waals surface area contributed by atoms with E-state index in [-0.39, 0.29) is 12.5 Å². The largest absolute Gasteiger partial charge is 0.481 e. The standard InChI is InChI=1S/C11H13BrN2O3/c1-6(4-10(15)16)14-9-3-2-7(11(13)17)5-8(9)12/h2-3,5-6,14H,4H2,1H3,(H2,13,17)(H,15,16). The fraction of sp³-hybridized carbons (Fsp3) is 0.273. The van der Waals surface area contributed by atoms with Gasteiger partial charge in [0.25, 0.3) is 0 Å². The third-order valence-electron chi connectivity index (χ3n) is 2.14. The molecule has 1 unspecified atom stereocenters. The number of carbonyl (C=O) groups is 2. The monoisotopic (exact) mass is 300 g/mol. The third-order valence-corrected chi connectivity index (χ3v) is 2.79. The van der Waals surface area contributed by atoms with Crippen molar-refractivity contribution in [2.24, 2.45) is 5.73 Å². The minimum Gasteiger partial charge on any atom is -0.481 e. The summed E-state index contributed by atoms with van der Waals surface area (Å²) in [4.78, 5) is 21.5. The molecule has 0 aliphatic carbocycles. The number of carbonyl (C=O) groups excluding carboxylic acids is 1. The highest BCUT2D eigenvalue weighted by molar-refractivity contribution is 9.10. The maximum Gasteiger partial charge on any atom is 0.305 e. The van der Waals surface area contributed by atoms with Crippen molar-refractivity contribution in [1.29, 1.82) is 0 Å². The number of carboxylic acid groups (broad SMARTS) is 1. The number of carboxylic acids is 1. The first kappa shape index (κ1) is 13.5. The Morgan fingerprint density at radius 1 is 1.53 bits per heavy atom. The van der Waals surface area contributed by atoms with E-state index in [9.17, 15) is 9.59 Å². The number of hydrogen-bond donors (Lipinski definition) is 3. The van der Waals surface area contributed by atoms with E-state index < -0.39 is 11.9 Å². The Bertz CT molecular complexity index is 448. The normalized spacial score (nSPS) is 11.9. The lowest BCUT2D eigenvalue weighted by atomic mass is 10.1. The Morgan fingerprint density at radius 2 is 2.18 bits per heavy atom. The molecule has 4 N–H and O–H groups in total. The molecule has 0 aliphatic rings. The maximum absolute atomic E-state index is 10.9. The van der Waals surface area contributed by atoms with Gasteiger partial charge in [-0.05, 0) is 41.1 Å². The van der Waals surface area contributed by atoms with Crippen LogP contribution in [0.3, 0.4) is 0 Å². The molecule has 5 nitrogen and oxygen atoms in total. The van der Waals surface area contributed by atoms with Gasteiger partial charge in [0.2, 0.25) is 5.91 Å². The molecule has 0 heterocycles. The number of halogens is 1. The topological polar surface area (TPSA) is 92.4 Å². The maximum atomic E-state index is 10.9. The molecule has 0 aliphatic heterocycles. The predicted molar refractivity (Wildman–Crippen MR) is 68.0 cm³/mol. The zero-order valence-corrected chi connectivity index (χ0v) is 10.8. The summed E-state index contributed by atoms with van der Waals surface area (Å²) in [7, 11) is 0. The minimum atomic E-state index is -0.866. The molecule has 92 valence electrons. The number of rotatable bonds is 5. The predicted octanol–water partition coefficient (Wildman–Crippen LogP) is 1.82. The number of primary amides is 1. The van der Waals surface area contributed by atoms with E-state index in [4.69, 9.17) is 10.8 Å². The second kappa shape index (κ2) is 5.67. The van der Waals surface area contributed by atoms with Gasteiger partial charge < -0.3 is 16.2 Å². The summed E-state index contributed by atoms with van der Waals surface area (Å²) in [6.45, 7) is 1.77. The van der Waals surface area contributed by atoms with Crippen molar-refractivity contribution >= 4 is 33.5 Å². The number of anilines is 1. The average molecular weight is 301 g/mol. The van der Waals surface area contributed by atoms with E-state index in [2.05, 4.69) is 21.2 Å². The van der Waals surface area contributed by atoms with E-state index in [1.54, 1.807) is 25.1 Å². The summed E-state index contributed by atoms with van der Waals surface area (Å²) in [5, 5.41) is 11.7. The molecule has 1 amide bonds. The van der Waals surface area contributed by atoms with Crippen molar-refractivity contribution in [3.05, 3.63) is 28.2 Å². The van der Waals surface area contributed by atoms with Gasteiger partial charge in [-0.15, -0.1) is 0 Å². The molecule has 1 atom stereocenters. The lowest BCUT2D eigenvalue weighted by Gasteiger charge is -2.14. The van der Waals surface area contributed by atoms with Gasteiger partial charge in [-0.25, -0.2) is 0 Å². The molecule has 1 rings (SSSR count). The quantitative estimate of drug-likeness (QED) is 0.773. The Hall–Kier alpha value is -1.56. The van der Waals surface area contributed by atoms with Gasteiger partial charge in [0.1, 0.15) is 0 Å². The van der Waals surface area contributed by atoms with Crippen molar-refractivity contribution in [2.75, 3.05) is 5.32 Å². The molecule has 0 spiro atoms. The van der Waals surface area contributed by atoms with Crippen LogP contribution in [-0.4, -0.2) is 23.0 Å². The van der Waals surface area contributed by atoms with E-state index in [1.165, 1.54) is 0 Å². The first-order valence-corrected chi connectivity index (χ1v) is 5.77. The highest BCUT2D eigenvalue weighted by Crippen LogP contribution is 2.24. The second-order valence-electron chi connectivity index (χ2n) is 3.70. The molecule has 1 aromatic carbocycles. The minimum absolute atomic E-state index is 0.0179. The van der Waals surface area contributed by atoms with Crippen molar-refractivity contribution in [3.8, 4) is 0 Å². The van der Waals surface area contributed by atoms with Gasteiger partial charge in [-0.1, -0.05) is 0 Å². The van der Waals surface area contributed by atoms with Crippen molar-refractivity contribution in [3.63, 3.8) is 0 Å². The van der Waals surface area contributed by atoms with Crippen LogP contribution in [0.25, 0.3) is 0 Å². The number of aliphatic carboxylic acids is 1. The Labute approximate surface area is 107 Å². The van der Waals surface area contributed by atoms with Crippen LogP contribution in [0.5, 0.6) is 0 Å². The van der Waals surface area contributed by atoms with Gasteiger partial charge in [-0.2, -0.15) is 0 Å². The first-order valence-electron chi connectivity index (χ1n) is 4.98. The molecule has 0 saturated carbocycles. The fourth-order valence-corrected chi connectivity index (χ4v) is 1.86. The molecule has 0 aromatic heterocycles. The first-order chi connectivity index (χ1) is 7.90. The molecule has 6 heteroatoms. The third kappa shape index (κ3) is 4.07. The van der Waals surface area contributed by atoms with E-state index in [1.807, 2.05) is 0 Å². The second-order valence-corrected chi connectivity index (χ2v) is 4.56. The summed E-state index contributed by atoms with van der Waals surface area (Å²) in [5.74, 6) is -1.37. The van der Waals surface area contributed by atoms with Crippen LogP contribution in [-0.2, 0) is 4.79 Å². The van der Waals surface area contributed by atoms with Crippen LogP contribution in [0.1, 0.15) is 23.7 Å². The van der Waals surface area contributed by atoms with E-state index in [0.29, 0.717) is 10.0 Å². The number of nitrogens with one attached hydrogen (secondary N) is 1. The van der Waals surface area contributed by atoms with E-state index >= 15 is 0 Å².